The molecule has 1 aliphatic heterocycles. The minimum absolute atomic E-state index is 0.215. The second-order valence-electron chi connectivity index (χ2n) is 23.2. The number of allylic oxidation sites excluding steroid dienone is 1. The van der Waals surface area contributed by atoms with Crippen molar-refractivity contribution in [3.63, 3.8) is 0 Å². The minimum atomic E-state index is -0.657. The second kappa shape index (κ2) is 41.4. The summed E-state index contributed by atoms with van der Waals surface area (Å²) in [6, 6.07) is 0. The normalized spacial score (nSPS) is 26.2. The lowest BCUT2D eigenvalue weighted by atomic mass is 9.84. The summed E-state index contributed by atoms with van der Waals surface area (Å²) in [6.07, 6.45) is 8.45. The van der Waals surface area contributed by atoms with Crippen LogP contribution in [0.5, 0.6) is 0 Å². The summed E-state index contributed by atoms with van der Waals surface area (Å²) < 4.78 is 57.5. The fourth-order valence-corrected chi connectivity index (χ4v) is 10.5. The van der Waals surface area contributed by atoms with Crippen LogP contribution in [0.2, 0.25) is 0 Å². The Morgan fingerprint density at radius 1 is 0.341 bits per heavy atom. The zero-order valence-corrected chi connectivity index (χ0v) is 51.9. The molecule has 10 atom stereocenters. The number of rotatable bonds is 9. The van der Waals surface area contributed by atoms with Gasteiger partial charge in [0.2, 0.25) is 0 Å². The lowest BCUT2D eigenvalue weighted by Gasteiger charge is -2.33. The van der Waals surface area contributed by atoms with E-state index >= 15 is 0 Å². The third kappa shape index (κ3) is 39.8. The summed E-state index contributed by atoms with van der Waals surface area (Å²) in [5, 5.41) is 0. The van der Waals surface area contributed by atoms with Crippen LogP contribution in [-0.2, 0) is 95.3 Å². The van der Waals surface area contributed by atoms with E-state index in [0.29, 0.717) is 154 Å². The van der Waals surface area contributed by atoms with Crippen molar-refractivity contribution in [1.29, 1.82) is 0 Å². The summed E-state index contributed by atoms with van der Waals surface area (Å²) in [6.45, 7) is 19.6. The highest BCUT2D eigenvalue weighted by molar-refractivity contribution is 5.83. The van der Waals surface area contributed by atoms with Crippen molar-refractivity contribution in [1.82, 2.24) is 0 Å². The molecule has 1 aliphatic rings. The maximum Gasteiger partial charge on any atom is 0.330 e. The number of cyclic esters (lactones) is 1. The van der Waals surface area contributed by atoms with Crippen molar-refractivity contribution in [2.75, 3.05) is 0 Å². The second-order valence-corrected chi connectivity index (χ2v) is 23.2. The molecule has 82 heavy (non-hydrogen) atoms. The minimum Gasteiger partial charge on any atom is -0.463 e. The molecule has 1 rings (SSSR count). The molecule has 0 N–H and O–H groups in total. The van der Waals surface area contributed by atoms with E-state index in [0.717, 1.165) is 5.57 Å². The molecule has 0 aliphatic carbocycles. The molecule has 470 valence electrons. The first-order chi connectivity index (χ1) is 38.5. The Morgan fingerprint density at radius 3 is 0.756 bits per heavy atom. The number of esters is 10. The lowest BCUT2D eigenvalue weighted by Crippen LogP contribution is -2.36. The molecule has 0 amide bonds. The number of hydrogen-bond donors (Lipinski definition) is 0. The fourth-order valence-electron chi connectivity index (χ4n) is 10.5. The van der Waals surface area contributed by atoms with Crippen LogP contribution in [0, 0.1) is 5.41 Å². The molecule has 0 saturated heterocycles. The Kier molecular flexibility index (Phi) is 37.6. The van der Waals surface area contributed by atoms with Gasteiger partial charge in [0, 0.05) is 81.2 Å². The first kappa shape index (κ1) is 74.5. The van der Waals surface area contributed by atoms with Crippen LogP contribution in [0.15, 0.2) is 11.6 Å². The molecule has 20 heteroatoms. The van der Waals surface area contributed by atoms with Gasteiger partial charge >= 0.3 is 59.7 Å². The molecule has 0 bridgehead atoms. The maximum absolute atomic E-state index is 13.5. The van der Waals surface area contributed by atoms with Gasteiger partial charge in [-0.25, -0.2) is 4.79 Å². The standard InChI is InChI=1S/C62H102O20/c1-41-22-14-35-57(79-48(8)69)39-58(80-49(9)70)36-20-33-55(77-46(6)67)31-18-29-53(75-44(4)65)27-16-25-51(73-42(2)63)23-15-24-52(74-43(3)64)26-17-28-54(76-45(5)66)30-19-32-56(78-47(7)68)34-21-37-59(81-50(10)71)40-60(62(11,12)13)82-61(72)38-41/h38,51-60H,14-37,39-40H2,1-13H3. The zero-order chi connectivity index (χ0) is 61.8. The molecule has 0 aromatic carbocycles. The van der Waals surface area contributed by atoms with Gasteiger partial charge in [0.05, 0.1) is 0 Å². The Labute approximate surface area is 488 Å². The molecule has 0 aromatic rings. The van der Waals surface area contributed by atoms with Gasteiger partial charge in [-0.2, -0.15) is 0 Å². The van der Waals surface area contributed by atoms with Crippen molar-refractivity contribution < 1.29 is 95.3 Å². The fraction of sp³-hybridized carbons (Fsp3) is 0.806. The zero-order valence-electron chi connectivity index (χ0n) is 51.9. The third-order valence-electron chi connectivity index (χ3n) is 14.0. The summed E-state index contributed by atoms with van der Waals surface area (Å²) in [5.41, 5.74) is 0.171. The lowest BCUT2D eigenvalue weighted by molar-refractivity contribution is -0.157. The van der Waals surface area contributed by atoms with Gasteiger partial charge < -0.3 is 47.4 Å². The largest absolute Gasteiger partial charge is 0.463 e. The van der Waals surface area contributed by atoms with E-state index in [9.17, 15) is 47.9 Å². The smallest absolute Gasteiger partial charge is 0.330 e. The summed E-state index contributed by atoms with van der Waals surface area (Å²) in [5.74, 6) is -4.71. The third-order valence-corrected chi connectivity index (χ3v) is 14.0. The first-order valence-corrected chi connectivity index (χ1v) is 29.9. The van der Waals surface area contributed by atoms with E-state index in [4.69, 9.17) is 47.4 Å². The number of hydrogen-bond acceptors (Lipinski definition) is 20. The van der Waals surface area contributed by atoms with Gasteiger partial charge in [-0.15, -0.1) is 0 Å². The van der Waals surface area contributed by atoms with E-state index in [1.54, 1.807) is 6.92 Å². The van der Waals surface area contributed by atoms with E-state index in [1.165, 1.54) is 68.4 Å². The molecule has 0 fully saturated rings. The van der Waals surface area contributed by atoms with E-state index < -0.39 is 126 Å². The average Bonchev–Trinajstić information content (AvgIpc) is 3.31. The number of carbonyl (C=O) groups excluding carboxylic acids is 10. The molecule has 0 saturated carbocycles. The molecule has 0 radical (unpaired) electrons. The Hall–Kier alpha value is -5.56. The van der Waals surface area contributed by atoms with E-state index in [2.05, 4.69) is 0 Å². The molecular formula is C62H102O20. The van der Waals surface area contributed by atoms with Crippen LogP contribution < -0.4 is 0 Å². The van der Waals surface area contributed by atoms with Crippen molar-refractivity contribution in [2.45, 2.75) is 318 Å². The van der Waals surface area contributed by atoms with Crippen molar-refractivity contribution >= 4 is 59.7 Å². The summed E-state index contributed by atoms with van der Waals surface area (Å²) >= 11 is 0. The van der Waals surface area contributed by atoms with Crippen molar-refractivity contribution in [3.8, 4) is 0 Å². The van der Waals surface area contributed by atoms with Crippen LogP contribution in [0.3, 0.4) is 0 Å². The number of carbonyl (C=O) groups is 10. The van der Waals surface area contributed by atoms with Crippen LogP contribution in [0.25, 0.3) is 0 Å². The predicted octanol–water partition coefficient (Wildman–Crippen LogP) is 11.4. The van der Waals surface area contributed by atoms with Gasteiger partial charge in [0.1, 0.15) is 61.0 Å². The topological polar surface area (TPSA) is 263 Å². The highest BCUT2D eigenvalue weighted by atomic mass is 16.6. The average molecular weight is 1170 g/mol. The van der Waals surface area contributed by atoms with Crippen LogP contribution in [-0.4, -0.2) is 121 Å². The molecule has 20 nitrogen and oxygen atoms in total. The molecule has 0 spiro atoms. The van der Waals surface area contributed by atoms with Crippen molar-refractivity contribution in [2.24, 2.45) is 5.41 Å². The number of ether oxygens (including phenoxy) is 10. The van der Waals surface area contributed by atoms with Crippen LogP contribution >= 0.6 is 0 Å². The maximum atomic E-state index is 13.5. The highest BCUT2D eigenvalue weighted by Gasteiger charge is 2.33. The quantitative estimate of drug-likeness (QED) is 0.153. The van der Waals surface area contributed by atoms with Crippen molar-refractivity contribution in [3.05, 3.63) is 11.6 Å². The van der Waals surface area contributed by atoms with Gasteiger partial charge in [-0.3, -0.25) is 43.2 Å². The predicted molar refractivity (Wildman–Crippen MR) is 303 cm³/mol. The highest BCUT2D eigenvalue weighted by Crippen LogP contribution is 2.31. The van der Waals surface area contributed by atoms with E-state index in [-0.39, 0.29) is 12.8 Å². The monoisotopic (exact) mass is 1170 g/mol. The Morgan fingerprint density at radius 2 is 0.537 bits per heavy atom. The Bertz CT molecular complexity index is 2010. The first-order valence-electron chi connectivity index (χ1n) is 29.9. The Balaban J connectivity index is 3.55. The molecular weight excluding hydrogens is 1060 g/mol. The van der Waals surface area contributed by atoms with Crippen LogP contribution in [0.4, 0.5) is 0 Å². The summed E-state index contributed by atoms with van der Waals surface area (Å²) in [7, 11) is 0. The van der Waals surface area contributed by atoms with E-state index in [1.807, 2.05) is 20.8 Å². The SMILES string of the molecule is CC(=O)OC1CCCC(OC(C)=O)CCCC(OC(C)=O)CCCC(OC(C)=O)CCCC(OC(C)=O)CC(C(C)(C)C)OC(=O)C=C(C)CCCC(OC(C)=O)CC(OC(C)=O)CCCC(OC(C)=O)CCCC(OC(C)=O)CCC1. The molecule has 1 heterocycles. The molecule has 0 aromatic heterocycles. The summed E-state index contributed by atoms with van der Waals surface area (Å²) in [4.78, 5) is 124. The van der Waals surface area contributed by atoms with Gasteiger partial charge in [-0.1, -0.05) is 26.3 Å². The van der Waals surface area contributed by atoms with Gasteiger partial charge in [-0.05, 0) is 166 Å². The van der Waals surface area contributed by atoms with Gasteiger partial charge in [0.25, 0.3) is 0 Å². The van der Waals surface area contributed by atoms with Gasteiger partial charge in [0.15, 0.2) is 0 Å². The van der Waals surface area contributed by atoms with Crippen LogP contribution in [0.1, 0.15) is 257 Å². The molecule has 10 unspecified atom stereocenters.